The second kappa shape index (κ2) is 10.4. The van der Waals surface area contributed by atoms with E-state index in [0.717, 1.165) is 49.8 Å². The van der Waals surface area contributed by atoms with Gasteiger partial charge in [0.1, 0.15) is 17.1 Å². The lowest BCUT2D eigenvalue weighted by Crippen LogP contribution is -2.31. The summed E-state index contributed by atoms with van der Waals surface area (Å²) in [6, 6.07) is 5.27. The maximum atomic E-state index is 9.59. The molecule has 1 unspecified atom stereocenters. The fraction of sp³-hybridized carbons (Fsp3) is 0.462. The monoisotopic (exact) mass is 380 g/mol. The first-order chi connectivity index (χ1) is 13.3. The number of allylic oxidation sites excluding steroid dienone is 6. The quantitative estimate of drug-likeness (QED) is 0.444. The van der Waals surface area contributed by atoms with Crippen LogP contribution in [0.2, 0.25) is 0 Å². The molecule has 1 aliphatic heterocycles. The highest BCUT2D eigenvalue weighted by molar-refractivity contribution is 5.62. The first-order valence-corrected chi connectivity index (χ1v) is 10.4. The third-order valence-electron chi connectivity index (χ3n) is 5.21. The summed E-state index contributed by atoms with van der Waals surface area (Å²) in [6.07, 6.45) is 17.7. The number of hydrogen-bond donors (Lipinski definition) is 1. The van der Waals surface area contributed by atoms with Gasteiger partial charge in [0.15, 0.2) is 0 Å². The third-order valence-corrected chi connectivity index (χ3v) is 5.21. The van der Waals surface area contributed by atoms with Gasteiger partial charge < -0.3 is 9.84 Å². The Morgan fingerprint density at radius 3 is 2.29 bits per heavy atom. The predicted molar refractivity (Wildman–Crippen MR) is 121 cm³/mol. The molecule has 0 aromatic heterocycles. The van der Waals surface area contributed by atoms with Crippen molar-refractivity contribution in [2.75, 3.05) is 0 Å². The largest absolute Gasteiger partial charge is 0.508 e. The summed E-state index contributed by atoms with van der Waals surface area (Å²) in [5, 5.41) is 9.59. The van der Waals surface area contributed by atoms with Gasteiger partial charge in [-0.15, -0.1) is 0 Å². The zero-order chi connectivity index (χ0) is 20.6. The minimum atomic E-state index is -0.290. The molecular formula is C26H36O2. The SMILES string of the molecule is CC(C)=CCCC(C)=CCCC(C)=CCCC1(C)C=Cc2cc(O)ccc2O1. The van der Waals surface area contributed by atoms with E-state index in [-0.39, 0.29) is 11.4 Å². The Kier molecular flexibility index (Phi) is 8.17. The topological polar surface area (TPSA) is 29.5 Å². The lowest BCUT2D eigenvalue weighted by Gasteiger charge is -2.31. The van der Waals surface area contributed by atoms with E-state index < -0.39 is 0 Å². The minimum Gasteiger partial charge on any atom is -0.508 e. The molecule has 152 valence electrons. The van der Waals surface area contributed by atoms with Crippen molar-refractivity contribution in [2.24, 2.45) is 0 Å². The summed E-state index contributed by atoms with van der Waals surface area (Å²) in [6.45, 7) is 10.9. The molecule has 28 heavy (non-hydrogen) atoms. The highest BCUT2D eigenvalue weighted by atomic mass is 16.5. The van der Waals surface area contributed by atoms with Crippen molar-refractivity contribution in [3.8, 4) is 11.5 Å². The van der Waals surface area contributed by atoms with Crippen LogP contribution in [0.15, 0.2) is 59.2 Å². The van der Waals surface area contributed by atoms with Gasteiger partial charge in [-0.2, -0.15) is 0 Å². The zero-order valence-corrected chi connectivity index (χ0v) is 18.2. The molecule has 0 saturated heterocycles. The third kappa shape index (κ3) is 7.42. The molecule has 2 nitrogen and oxygen atoms in total. The van der Waals surface area contributed by atoms with E-state index in [1.54, 1.807) is 12.1 Å². The molecule has 0 aliphatic carbocycles. The van der Waals surface area contributed by atoms with E-state index in [1.807, 2.05) is 6.07 Å². The second-order valence-electron chi connectivity index (χ2n) is 8.47. The number of phenolic OH excluding ortho intramolecular Hbond substituents is 1. The lowest BCUT2D eigenvalue weighted by molar-refractivity contribution is 0.128. The predicted octanol–water partition coefficient (Wildman–Crippen LogP) is 7.76. The Hall–Kier alpha value is -2.22. The Labute approximate surface area is 171 Å². The first kappa shape index (κ1) is 22.1. The minimum absolute atomic E-state index is 0.274. The summed E-state index contributed by atoms with van der Waals surface area (Å²) in [7, 11) is 0. The van der Waals surface area contributed by atoms with Crippen LogP contribution in [0.3, 0.4) is 0 Å². The summed E-state index contributed by atoms with van der Waals surface area (Å²) < 4.78 is 6.18. The molecule has 0 spiro atoms. The van der Waals surface area contributed by atoms with Crippen molar-refractivity contribution in [3.05, 3.63) is 64.8 Å². The molecule has 1 heterocycles. The standard InChI is InChI=1S/C26H36O2/c1-20(2)9-6-10-21(3)11-7-12-22(4)13-8-17-26(5)18-16-23-19-24(27)14-15-25(23)28-26/h9,11,13-16,18-19,27H,6-8,10,12,17H2,1-5H3. The first-order valence-electron chi connectivity index (χ1n) is 10.4. The zero-order valence-electron chi connectivity index (χ0n) is 18.2. The lowest BCUT2D eigenvalue weighted by atomic mass is 9.94. The molecule has 0 radical (unpaired) electrons. The highest BCUT2D eigenvalue weighted by Crippen LogP contribution is 2.35. The number of aromatic hydroxyl groups is 1. The van der Waals surface area contributed by atoms with Crippen LogP contribution < -0.4 is 4.74 Å². The van der Waals surface area contributed by atoms with Crippen molar-refractivity contribution >= 4 is 6.08 Å². The smallest absolute Gasteiger partial charge is 0.128 e. The number of ether oxygens (including phenoxy) is 1. The summed E-state index contributed by atoms with van der Waals surface area (Å²) in [4.78, 5) is 0. The summed E-state index contributed by atoms with van der Waals surface area (Å²) in [5.74, 6) is 1.12. The van der Waals surface area contributed by atoms with Crippen LogP contribution >= 0.6 is 0 Å². The fourth-order valence-corrected chi connectivity index (χ4v) is 3.39. The average molecular weight is 381 g/mol. The van der Waals surface area contributed by atoms with Crippen molar-refractivity contribution in [1.82, 2.24) is 0 Å². The molecule has 0 amide bonds. The number of rotatable bonds is 9. The summed E-state index contributed by atoms with van der Waals surface area (Å²) >= 11 is 0. The van der Waals surface area contributed by atoms with Crippen LogP contribution in [-0.4, -0.2) is 10.7 Å². The second-order valence-corrected chi connectivity index (χ2v) is 8.47. The Bertz CT molecular complexity index is 776. The van der Waals surface area contributed by atoms with Gasteiger partial charge in [-0.1, -0.05) is 41.0 Å². The van der Waals surface area contributed by atoms with Crippen LogP contribution in [0, 0.1) is 0 Å². The van der Waals surface area contributed by atoms with Gasteiger partial charge in [0.2, 0.25) is 0 Å². The summed E-state index contributed by atoms with van der Waals surface area (Å²) in [5.41, 5.74) is 4.99. The molecule has 1 atom stereocenters. The Balaban J connectivity index is 1.76. The Morgan fingerprint density at radius 1 is 0.964 bits per heavy atom. The molecular weight excluding hydrogens is 344 g/mol. The van der Waals surface area contributed by atoms with Crippen molar-refractivity contribution in [2.45, 2.75) is 78.7 Å². The van der Waals surface area contributed by atoms with Crippen LogP contribution in [-0.2, 0) is 0 Å². The number of fused-ring (bicyclic) bond motifs is 1. The molecule has 0 bridgehead atoms. The van der Waals surface area contributed by atoms with Crippen molar-refractivity contribution in [1.29, 1.82) is 0 Å². The Morgan fingerprint density at radius 2 is 1.61 bits per heavy atom. The van der Waals surface area contributed by atoms with Gasteiger partial charge in [-0.25, -0.2) is 0 Å². The van der Waals surface area contributed by atoms with E-state index in [0.29, 0.717) is 0 Å². The maximum Gasteiger partial charge on any atom is 0.128 e. The van der Waals surface area contributed by atoms with Gasteiger partial charge >= 0.3 is 0 Å². The number of benzene rings is 1. The molecule has 2 rings (SSSR count). The van der Waals surface area contributed by atoms with Crippen molar-refractivity contribution in [3.63, 3.8) is 0 Å². The van der Waals surface area contributed by atoms with Crippen LogP contribution in [0.5, 0.6) is 11.5 Å². The maximum absolute atomic E-state index is 9.59. The normalized spacial score (nSPS) is 19.2. The molecule has 2 heteroatoms. The van der Waals surface area contributed by atoms with Gasteiger partial charge in [-0.3, -0.25) is 0 Å². The highest BCUT2D eigenvalue weighted by Gasteiger charge is 2.26. The van der Waals surface area contributed by atoms with Crippen LogP contribution in [0.25, 0.3) is 6.08 Å². The number of hydrogen-bond acceptors (Lipinski definition) is 2. The average Bonchev–Trinajstić information content (AvgIpc) is 2.61. The van der Waals surface area contributed by atoms with E-state index in [9.17, 15) is 5.11 Å². The van der Waals surface area contributed by atoms with E-state index in [4.69, 9.17) is 4.74 Å². The molecule has 0 fully saturated rings. The number of phenols is 1. The molecule has 0 saturated carbocycles. The van der Waals surface area contributed by atoms with Crippen LogP contribution in [0.1, 0.15) is 78.7 Å². The van der Waals surface area contributed by atoms with Crippen molar-refractivity contribution < 1.29 is 9.84 Å². The molecule has 1 aromatic rings. The van der Waals surface area contributed by atoms with E-state index in [1.165, 1.54) is 16.7 Å². The van der Waals surface area contributed by atoms with Gasteiger partial charge in [0.25, 0.3) is 0 Å². The van der Waals surface area contributed by atoms with E-state index in [2.05, 4.69) is 65.0 Å². The van der Waals surface area contributed by atoms with E-state index >= 15 is 0 Å². The van der Waals surface area contributed by atoms with Gasteiger partial charge in [0, 0.05) is 5.56 Å². The fourth-order valence-electron chi connectivity index (χ4n) is 3.39. The molecule has 1 aliphatic rings. The molecule has 1 N–H and O–H groups in total. The van der Waals surface area contributed by atoms with Gasteiger partial charge in [-0.05, 0) is 97.4 Å². The molecule has 1 aromatic carbocycles. The van der Waals surface area contributed by atoms with Crippen LogP contribution in [0.4, 0.5) is 0 Å². The van der Waals surface area contributed by atoms with Gasteiger partial charge in [0.05, 0.1) is 0 Å².